The van der Waals surface area contributed by atoms with Gasteiger partial charge in [-0.2, -0.15) is 0 Å². The zero-order valence-corrected chi connectivity index (χ0v) is 25.2. The lowest BCUT2D eigenvalue weighted by Gasteiger charge is -2.49. The summed E-state index contributed by atoms with van der Waals surface area (Å²) in [6.07, 6.45) is 9.83. The van der Waals surface area contributed by atoms with E-state index in [1.165, 1.54) is 0 Å². The normalized spacial score (nSPS) is 32.9. The first kappa shape index (κ1) is 30.8. The van der Waals surface area contributed by atoms with Gasteiger partial charge in [-0.1, -0.05) is 64.3 Å². The molecule has 2 bridgehead atoms. The summed E-state index contributed by atoms with van der Waals surface area (Å²) in [4.78, 5) is 27.7. The van der Waals surface area contributed by atoms with Gasteiger partial charge in [0.2, 0.25) is 0 Å². The summed E-state index contributed by atoms with van der Waals surface area (Å²) < 4.78 is 17.1. The molecule has 0 saturated heterocycles. The van der Waals surface area contributed by atoms with Gasteiger partial charge >= 0.3 is 5.97 Å². The van der Waals surface area contributed by atoms with Crippen LogP contribution in [-0.2, 0) is 25.7 Å². The molecule has 6 nitrogen and oxygen atoms in total. The lowest BCUT2D eigenvalue weighted by molar-refractivity contribution is -0.167. The number of ether oxygens (including phenoxy) is 3. The van der Waals surface area contributed by atoms with Crippen molar-refractivity contribution < 1.29 is 28.9 Å². The van der Waals surface area contributed by atoms with Gasteiger partial charge in [0.1, 0.15) is 24.1 Å². The molecule has 1 aromatic carbocycles. The predicted molar refractivity (Wildman–Crippen MR) is 156 cm³/mol. The molecule has 0 aromatic heterocycles. The van der Waals surface area contributed by atoms with Crippen LogP contribution >= 0.6 is 0 Å². The largest absolute Gasteiger partial charge is 0.497 e. The van der Waals surface area contributed by atoms with Crippen molar-refractivity contribution in [3.8, 4) is 5.75 Å². The van der Waals surface area contributed by atoms with E-state index in [9.17, 15) is 14.7 Å². The average Bonchev–Trinajstić information content (AvgIpc) is 3.60. The number of allylic oxidation sites excluding steroid dienone is 1. The van der Waals surface area contributed by atoms with Crippen molar-refractivity contribution in [2.45, 2.75) is 91.8 Å². The second kappa shape index (κ2) is 13.2. The molecule has 7 unspecified atom stereocenters. The van der Waals surface area contributed by atoms with Crippen LogP contribution in [0.25, 0.3) is 0 Å². The molecule has 4 rings (SSSR count). The van der Waals surface area contributed by atoms with E-state index in [1.807, 2.05) is 24.3 Å². The molecular formula is C34H50O6. The van der Waals surface area contributed by atoms with E-state index in [0.717, 1.165) is 68.5 Å². The number of hydrogen-bond donors (Lipinski definition) is 1. The summed E-state index contributed by atoms with van der Waals surface area (Å²) in [7, 11) is 1.62. The molecule has 222 valence electrons. The number of rotatable bonds is 15. The van der Waals surface area contributed by atoms with Crippen LogP contribution in [0.4, 0.5) is 0 Å². The quantitative estimate of drug-likeness (QED) is 0.115. The molecule has 1 N–H and O–H groups in total. The number of esters is 1. The van der Waals surface area contributed by atoms with Crippen LogP contribution in [0.5, 0.6) is 5.75 Å². The molecule has 40 heavy (non-hydrogen) atoms. The fraction of sp³-hybridized carbons (Fsp3) is 0.706. The molecule has 2 fully saturated rings. The van der Waals surface area contributed by atoms with Gasteiger partial charge in [-0.3, -0.25) is 4.79 Å². The van der Waals surface area contributed by atoms with Crippen LogP contribution in [0.1, 0.15) is 84.6 Å². The number of carbonyl (C=O) groups excluding carboxylic acids is 2. The monoisotopic (exact) mass is 554 g/mol. The van der Waals surface area contributed by atoms with Crippen LogP contribution in [0.15, 0.2) is 35.9 Å². The summed E-state index contributed by atoms with van der Waals surface area (Å²) >= 11 is 0. The van der Waals surface area contributed by atoms with Crippen LogP contribution < -0.4 is 4.74 Å². The standard InChI is InChI=1S/C34H50O6/c1-6-7-15-39-16-9-8-10-28-24(4)31(36)18-30(28)33(22-35)19-26-17-29(23(2)3)34(33,20-26)32(37)40-21-25-11-13-27(38-5)14-12-25/h11-14,17,22-24,26,28,30-31,36H,6-10,15-16,18-21H2,1-5H3. The summed E-state index contributed by atoms with van der Waals surface area (Å²) in [6, 6.07) is 7.52. The lowest BCUT2D eigenvalue weighted by atomic mass is 9.52. The first-order valence-electron chi connectivity index (χ1n) is 15.5. The third kappa shape index (κ3) is 5.63. The molecule has 3 aliphatic carbocycles. The maximum Gasteiger partial charge on any atom is 0.317 e. The molecule has 2 saturated carbocycles. The summed E-state index contributed by atoms with van der Waals surface area (Å²) in [5, 5.41) is 11.1. The van der Waals surface area contributed by atoms with E-state index in [2.05, 4.69) is 33.8 Å². The number of benzene rings is 1. The van der Waals surface area contributed by atoms with Gasteiger partial charge < -0.3 is 24.1 Å². The molecule has 3 aliphatic rings. The van der Waals surface area contributed by atoms with Crippen LogP contribution in [0.2, 0.25) is 0 Å². The van der Waals surface area contributed by atoms with Crippen molar-refractivity contribution in [2.75, 3.05) is 20.3 Å². The first-order chi connectivity index (χ1) is 19.2. The molecule has 0 spiro atoms. The molecule has 0 radical (unpaired) electrons. The van der Waals surface area contributed by atoms with Crippen molar-refractivity contribution >= 4 is 12.3 Å². The molecule has 0 heterocycles. The maximum absolute atomic E-state index is 14.3. The molecule has 0 amide bonds. The van der Waals surface area contributed by atoms with Gasteiger partial charge in [-0.15, -0.1) is 0 Å². The second-order valence-corrected chi connectivity index (χ2v) is 12.8. The van der Waals surface area contributed by atoms with Crippen LogP contribution in [0, 0.1) is 40.4 Å². The van der Waals surface area contributed by atoms with Crippen molar-refractivity contribution in [1.82, 2.24) is 0 Å². The van der Waals surface area contributed by atoms with Gasteiger partial charge in [-0.05, 0) is 85.8 Å². The number of aliphatic hydroxyl groups excluding tert-OH is 1. The van der Waals surface area contributed by atoms with Crippen molar-refractivity contribution in [3.05, 3.63) is 41.5 Å². The number of aldehydes is 1. The highest BCUT2D eigenvalue weighted by molar-refractivity contribution is 5.89. The van der Waals surface area contributed by atoms with Crippen molar-refractivity contribution in [3.63, 3.8) is 0 Å². The summed E-state index contributed by atoms with van der Waals surface area (Å²) in [6.45, 7) is 10.2. The molecular weight excluding hydrogens is 504 g/mol. The highest BCUT2D eigenvalue weighted by Gasteiger charge is 2.72. The van der Waals surface area contributed by atoms with Gasteiger partial charge in [0.25, 0.3) is 0 Å². The molecule has 0 aliphatic heterocycles. The fourth-order valence-corrected chi connectivity index (χ4v) is 8.23. The molecule has 7 atom stereocenters. The van der Waals surface area contributed by atoms with E-state index in [-0.39, 0.29) is 42.2 Å². The fourth-order valence-electron chi connectivity index (χ4n) is 8.23. The Morgan fingerprint density at radius 2 is 1.85 bits per heavy atom. The van der Waals surface area contributed by atoms with E-state index in [0.29, 0.717) is 19.3 Å². The van der Waals surface area contributed by atoms with Crippen LogP contribution in [0.3, 0.4) is 0 Å². The average molecular weight is 555 g/mol. The van der Waals surface area contributed by atoms with Gasteiger partial charge in [0.15, 0.2) is 0 Å². The Hall–Kier alpha value is -2.18. The minimum absolute atomic E-state index is 0.0583. The Bertz CT molecular complexity index is 1030. The maximum atomic E-state index is 14.3. The third-order valence-corrected chi connectivity index (χ3v) is 10.3. The Morgan fingerprint density at radius 3 is 2.50 bits per heavy atom. The van der Waals surface area contributed by atoms with E-state index >= 15 is 0 Å². The number of aliphatic hydroxyl groups is 1. The van der Waals surface area contributed by atoms with E-state index < -0.39 is 16.9 Å². The SMILES string of the molecule is CCCCOCCCCC1C(C)C(O)CC1C1(C=O)CC2C=C(C(C)C)C1(C(=O)OCc1ccc(OC)cc1)C2. The first-order valence-corrected chi connectivity index (χ1v) is 15.5. The highest BCUT2D eigenvalue weighted by Crippen LogP contribution is 2.71. The Balaban J connectivity index is 1.58. The van der Waals surface area contributed by atoms with Gasteiger partial charge in [-0.25, -0.2) is 0 Å². The minimum Gasteiger partial charge on any atom is -0.497 e. The predicted octanol–water partition coefficient (Wildman–Crippen LogP) is 6.54. The third-order valence-electron chi connectivity index (χ3n) is 10.3. The number of unbranched alkanes of at least 4 members (excludes halogenated alkanes) is 2. The minimum atomic E-state index is -0.976. The zero-order chi connectivity index (χ0) is 28.9. The molecule has 1 aromatic rings. The summed E-state index contributed by atoms with van der Waals surface area (Å²) in [5.74, 6) is 0.971. The van der Waals surface area contributed by atoms with Crippen molar-refractivity contribution in [2.24, 2.45) is 40.4 Å². The lowest BCUT2D eigenvalue weighted by Crippen LogP contribution is -2.53. The van der Waals surface area contributed by atoms with Crippen LogP contribution in [-0.4, -0.2) is 43.8 Å². The second-order valence-electron chi connectivity index (χ2n) is 12.8. The number of hydrogen-bond acceptors (Lipinski definition) is 6. The Labute approximate surface area is 240 Å². The Kier molecular flexibility index (Phi) is 10.2. The van der Waals surface area contributed by atoms with Gasteiger partial charge in [0.05, 0.1) is 13.2 Å². The van der Waals surface area contributed by atoms with Gasteiger partial charge in [0, 0.05) is 18.6 Å². The van der Waals surface area contributed by atoms with E-state index in [4.69, 9.17) is 14.2 Å². The Morgan fingerprint density at radius 1 is 1.12 bits per heavy atom. The highest BCUT2D eigenvalue weighted by atomic mass is 16.5. The van der Waals surface area contributed by atoms with Crippen molar-refractivity contribution in [1.29, 1.82) is 0 Å². The summed E-state index contributed by atoms with van der Waals surface area (Å²) in [5.41, 5.74) is 0.0917. The smallest absolute Gasteiger partial charge is 0.317 e. The topological polar surface area (TPSA) is 82.1 Å². The molecule has 6 heteroatoms. The zero-order valence-electron chi connectivity index (χ0n) is 25.2. The number of methoxy groups -OCH3 is 1. The number of fused-ring (bicyclic) bond motifs is 2. The van der Waals surface area contributed by atoms with E-state index in [1.54, 1.807) is 7.11 Å². The number of carbonyl (C=O) groups is 2.